The molecule has 1 amide bonds. The Kier molecular flexibility index (Phi) is 6.03. The van der Waals surface area contributed by atoms with E-state index >= 15 is 0 Å². The number of likely N-dealkylation sites (tertiary alicyclic amines) is 1. The highest BCUT2D eigenvalue weighted by Gasteiger charge is 2.43. The van der Waals surface area contributed by atoms with Crippen molar-refractivity contribution in [2.75, 3.05) is 13.2 Å². The molecule has 0 spiro atoms. The van der Waals surface area contributed by atoms with E-state index in [0.717, 1.165) is 0 Å². The summed E-state index contributed by atoms with van der Waals surface area (Å²) in [5.74, 6) is -0.393. The molecule has 0 N–H and O–H groups in total. The molecule has 0 aliphatic carbocycles. The second-order valence-electron chi connectivity index (χ2n) is 7.49. The van der Waals surface area contributed by atoms with Gasteiger partial charge in [0.1, 0.15) is 11.6 Å². The standard InChI is InChI=1S/C15H29NO5Si/c1-8-19-13(17)12-9-11(21-22(5,6)7)10-16(12)14(18)20-15(2,3)4/h11-12H,8-10H2,1-7H3/t11-,12-/m0/s1. The fraction of sp³-hybridized carbons (Fsp3) is 0.867. The zero-order valence-corrected chi connectivity index (χ0v) is 15.8. The van der Waals surface area contributed by atoms with Crippen molar-refractivity contribution >= 4 is 20.4 Å². The minimum absolute atomic E-state index is 0.145. The van der Waals surface area contributed by atoms with Gasteiger partial charge in [-0.05, 0) is 47.3 Å². The molecule has 0 unspecified atom stereocenters. The fourth-order valence-electron chi connectivity index (χ4n) is 2.37. The van der Waals surface area contributed by atoms with Crippen molar-refractivity contribution in [3.63, 3.8) is 0 Å². The number of carbonyl (C=O) groups excluding carboxylic acids is 2. The van der Waals surface area contributed by atoms with Crippen LogP contribution in [-0.4, -0.2) is 56.2 Å². The summed E-state index contributed by atoms with van der Waals surface area (Å²) in [5, 5.41) is 0. The van der Waals surface area contributed by atoms with Crippen LogP contribution >= 0.6 is 0 Å². The minimum Gasteiger partial charge on any atom is -0.464 e. The number of hydrogen-bond acceptors (Lipinski definition) is 5. The number of carbonyl (C=O) groups is 2. The Labute approximate surface area is 134 Å². The van der Waals surface area contributed by atoms with Crippen molar-refractivity contribution in [1.82, 2.24) is 4.90 Å². The van der Waals surface area contributed by atoms with Crippen LogP contribution in [0.2, 0.25) is 19.6 Å². The highest BCUT2D eigenvalue weighted by atomic mass is 28.4. The Morgan fingerprint density at radius 3 is 2.27 bits per heavy atom. The summed E-state index contributed by atoms with van der Waals surface area (Å²) in [6.07, 6.45) is -0.177. The number of amides is 1. The summed E-state index contributed by atoms with van der Waals surface area (Å²) >= 11 is 0. The van der Waals surface area contributed by atoms with E-state index in [1.807, 2.05) is 0 Å². The highest BCUT2D eigenvalue weighted by Crippen LogP contribution is 2.26. The second kappa shape index (κ2) is 7.00. The Bertz CT molecular complexity index is 413. The van der Waals surface area contributed by atoms with Gasteiger partial charge < -0.3 is 13.9 Å². The van der Waals surface area contributed by atoms with Gasteiger partial charge in [0.25, 0.3) is 0 Å². The normalized spacial score (nSPS) is 22.6. The quantitative estimate of drug-likeness (QED) is 0.585. The molecule has 1 aliphatic rings. The van der Waals surface area contributed by atoms with Crippen LogP contribution in [0.1, 0.15) is 34.1 Å². The van der Waals surface area contributed by atoms with E-state index in [-0.39, 0.29) is 12.7 Å². The van der Waals surface area contributed by atoms with Gasteiger partial charge in [-0.1, -0.05) is 0 Å². The predicted octanol–water partition coefficient (Wildman–Crippen LogP) is 2.78. The van der Waals surface area contributed by atoms with Crippen LogP contribution in [-0.2, 0) is 18.7 Å². The summed E-state index contributed by atoms with van der Waals surface area (Å²) in [6, 6.07) is -0.629. The number of rotatable bonds is 4. The average molecular weight is 331 g/mol. The van der Waals surface area contributed by atoms with Gasteiger partial charge in [0.15, 0.2) is 8.32 Å². The lowest BCUT2D eigenvalue weighted by atomic mass is 10.2. The lowest BCUT2D eigenvalue weighted by Crippen LogP contribution is -2.44. The summed E-state index contributed by atoms with van der Waals surface area (Å²) in [4.78, 5) is 25.9. The van der Waals surface area contributed by atoms with Crippen molar-refractivity contribution in [2.45, 2.75) is 71.5 Å². The van der Waals surface area contributed by atoms with Crippen LogP contribution in [0.3, 0.4) is 0 Å². The van der Waals surface area contributed by atoms with Gasteiger partial charge in [0, 0.05) is 13.0 Å². The third-order valence-corrected chi connectivity index (χ3v) is 4.01. The molecule has 2 atom stereocenters. The molecule has 128 valence electrons. The first-order valence-electron chi connectivity index (χ1n) is 7.77. The molecule has 0 saturated carbocycles. The third kappa shape index (κ3) is 5.96. The number of nitrogens with zero attached hydrogens (tertiary/aromatic N) is 1. The third-order valence-electron chi connectivity index (χ3n) is 2.97. The Balaban J connectivity index is 2.84. The number of esters is 1. The highest BCUT2D eigenvalue weighted by molar-refractivity contribution is 6.69. The lowest BCUT2D eigenvalue weighted by molar-refractivity contribution is -0.148. The average Bonchev–Trinajstić information content (AvgIpc) is 2.68. The molecule has 0 aromatic heterocycles. The molecule has 0 bridgehead atoms. The molecule has 1 rings (SSSR count). The Hall–Kier alpha value is -1.08. The first kappa shape index (κ1) is 19.0. The van der Waals surface area contributed by atoms with Crippen molar-refractivity contribution in [3.05, 3.63) is 0 Å². The summed E-state index contributed by atoms with van der Waals surface area (Å²) in [7, 11) is -1.75. The molecule has 1 heterocycles. The predicted molar refractivity (Wildman–Crippen MR) is 86.2 cm³/mol. The van der Waals surface area contributed by atoms with Gasteiger partial charge in [-0.25, -0.2) is 9.59 Å². The van der Waals surface area contributed by atoms with E-state index in [1.165, 1.54) is 4.90 Å². The van der Waals surface area contributed by atoms with Crippen LogP contribution < -0.4 is 0 Å². The van der Waals surface area contributed by atoms with E-state index in [0.29, 0.717) is 13.0 Å². The molecular weight excluding hydrogens is 302 g/mol. The molecule has 1 aliphatic heterocycles. The molecule has 0 radical (unpaired) electrons. The fourth-order valence-corrected chi connectivity index (χ4v) is 3.54. The first-order chi connectivity index (χ1) is 9.93. The van der Waals surface area contributed by atoms with E-state index in [2.05, 4.69) is 19.6 Å². The smallest absolute Gasteiger partial charge is 0.411 e. The Morgan fingerprint density at radius 1 is 1.23 bits per heavy atom. The van der Waals surface area contributed by atoms with Crippen molar-refractivity contribution in [2.24, 2.45) is 0 Å². The summed E-state index contributed by atoms with van der Waals surface area (Å²) in [5.41, 5.74) is -0.603. The van der Waals surface area contributed by atoms with Gasteiger partial charge in [-0.15, -0.1) is 0 Å². The van der Waals surface area contributed by atoms with Crippen LogP contribution in [0, 0.1) is 0 Å². The van der Waals surface area contributed by atoms with Crippen LogP contribution in [0.5, 0.6) is 0 Å². The summed E-state index contributed by atoms with van der Waals surface area (Å²) < 4.78 is 16.5. The van der Waals surface area contributed by atoms with E-state index in [9.17, 15) is 9.59 Å². The maximum atomic E-state index is 12.3. The Morgan fingerprint density at radius 2 is 1.82 bits per heavy atom. The molecule has 22 heavy (non-hydrogen) atoms. The van der Waals surface area contributed by atoms with E-state index in [4.69, 9.17) is 13.9 Å². The van der Waals surface area contributed by atoms with Crippen LogP contribution in [0.4, 0.5) is 4.79 Å². The summed E-state index contributed by atoms with van der Waals surface area (Å²) in [6.45, 7) is 14.1. The van der Waals surface area contributed by atoms with Gasteiger partial charge >= 0.3 is 12.1 Å². The van der Waals surface area contributed by atoms with Gasteiger partial charge in [0.05, 0.1) is 12.7 Å². The largest absolute Gasteiger partial charge is 0.464 e. The molecule has 7 heteroatoms. The van der Waals surface area contributed by atoms with E-state index < -0.39 is 32.0 Å². The monoisotopic (exact) mass is 331 g/mol. The molecule has 1 saturated heterocycles. The van der Waals surface area contributed by atoms with Crippen LogP contribution in [0.15, 0.2) is 0 Å². The lowest BCUT2D eigenvalue weighted by Gasteiger charge is -2.27. The first-order valence-corrected chi connectivity index (χ1v) is 11.2. The van der Waals surface area contributed by atoms with Gasteiger partial charge in [-0.2, -0.15) is 0 Å². The SMILES string of the molecule is CCOC(=O)[C@@H]1C[C@H](O[Si](C)(C)C)CN1C(=O)OC(C)(C)C. The number of hydrogen-bond donors (Lipinski definition) is 0. The second-order valence-corrected chi connectivity index (χ2v) is 11.9. The zero-order valence-electron chi connectivity index (χ0n) is 14.8. The van der Waals surface area contributed by atoms with Crippen LogP contribution in [0.25, 0.3) is 0 Å². The van der Waals surface area contributed by atoms with E-state index in [1.54, 1.807) is 27.7 Å². The van der Waals surface area contributed by atoms with Crippen molar-refractivity contribution < 1.29 is 23.5 Å². The maximum absolute atomic E-state index is 12.3. The molecule has 1 fully saturated rings. The molecule has 0 aromatic carbocycles. The van der Waals surface area contributed by atoms with Gasteiger partial charge in [0.2, 0.25) is 0 Å². The minimum atomic E-state index is -1.75. The molecule has 6 nitrogen and oxygen atoms in total. The van der Waals surface area contributed by atoms with Gasteiger partial charge in [-0.3, -0.25) is 4.90 Å². The van der Waals surface area contributed by atoms with Crippen molar-refractivity contribution in [3.8, 4) is 0 Å². The molecular formula is C15H29NO5Si. The number of ether oxygens (including phenoxy) is 2. The molecule has 0 aromatic rings. The topological polar surface area (TPSA) is 65.1 Å². The van der Waals surface area contributed by atoms with Crippen molar-refractivity contribution in [1.29, 1.82) is 0 Å². The zero-order chi connectivity index (χ0) is 17.1. The maximum Gasteiger partial charge on any atom is 0.411 e.